The minimum absolute atomic E-state index is 0.00791. The maximum Gasteiger partial charge on any atom is 0.251 e. The highest BCUT2D eigenvalue weighted by molar-refractivity contribution is 5.94. The van der Waals surface area contributed by atoms with Crippen LogP contribution in [-0.4, -0.2) is 25.5 Å². The zero-order chi connectivity index (χ0) is 22.1. The molecule has 6 nitrogen and oxygen atoms in total. The van der Waals surface area contributed by atoms with E-state index in [4.69, 9.17) is 0 Å². The molecule has 162 valence electrons. The Labute approximate surface area is 187 Å². The van der Waals surface area contributed by atoms with Gasteiger partial charge in [-0.1, -0.05) is 30.3 Å². The van der Waals surface area contributed by atoms with E-state index in [0.29, 0.717) is 5.56 Å². The Bertz CT molecular complexity index is 1240. The number of aromatic nitrogens is 4. The van der Waals surface area contributed by atoms with Crippen molar-refractivity contribution in [2.75, 3.05) is 0 Å². The molecule has 0 radical (unpaired) electrons. The van der Waals surface area contributed by atoms with Gasteiger partial charge in [0.1, 0.15) is 0 Å². The largest absolute Gasteiger partial charge is 0.345 e. The van der Waals surface area contributed by atoms with E-state index in [1.54, 1.807) is 0 Å². The number of carbonyl (C=O) groups excluding carboxylic acids is 1. The minimum Gasteiger partial charge on any atom is -0.345 e. The summed E-state index contributed by atoms with van der Waals surface area (Å²) < 4.78 is 3.97. The van der Waals surface area contributed by atoms with E-state index in [2.05, 4.69) is 44.5 Å². The molecule has 32 heavy (non-hydrogen) atoms. The van der Waals surface area contributed by atoms with Crippen LogP contribution in [0.5, 0.6) is 0 Å². The summed E-state index contributed by atoms with van der Waals surface area (Å²) in [4.78, 5) is 13.0. The van der Waals surface area contributed by atoms with Gasteiger partial charge in [-0.05, 0) is 69.0 Å². The van der Waals surface area contributed by atoms with Crippen molar-refractivity contribution < 1.29 is 4.79 Å². The zero-order valence-corrected chi connectivity index (χ0v) is 18.5. The number of hydrogen-bond donors (Lipinski definition) is 1. The Morgan fingerprint density at radius 1 is 1.09 bits per heavy atom. The number of nitrogens with one attached hydrogen (secondary N) is 1. The summed E-state index contributed by atoms with van der Waals surface area (Å²) >= 11 is 0. The molecule has 1 aliphatic rings. The van der Waals surface area contributed by atoms with Gasteiger partial charge in [-0.25, -0.2) is 4.68 Å². The molecule has 1 aliphatic carbocycles. The van der Waals surface area contributed by atoms with Gasteiger partial charge >= 0.3 is 0 Å². The molecule has 2 heterocycles. The second-order valence-electron chi connectivity index (χ2n) is 8.49. The number of benzene rings is 2. The summed E-state index contributed by atoms with van der Waals surface area (Å²) in [5, 5.41) is 12.4. The molecule has 1 N–H and O–H groups in total. The predicted octanol–water partition coefficient (Wildman–Crippen LogP) is 4.54. The van der Waals surface area contributed by atoms with Crippen LogP contribution < -0.4 is 5.32 Å². The van der Waals surface area contributed by atoms with Crippen LogP contribution in [0.4, 0.5) is 0 Å². The average molecular weight is 426 g/mol. The number of fused-ring (bicyclic) bond motifs is 1. The molecule has 0 saturated heterocycles. The molecule has 6 heteroatoms. The topological polar surface area (TPSA) is 64.7 Å². The lowest BCUT2D eigenvalue weighted by atomic mass is 9.92. The highest BCUT2D eigenvalue weighted by Crippen LogP contribution is 2.30. The summed E-state index contributed by atoms with van der Waals surface area (Å²) in [6.07, 6.45) is 4.88. The summed E-state index contributed by atoms with van der Waals surface area (Å²) in [5.41, 5.74) is 7.25. The first-order valence-electron chi connectivity index (χ1n) is 11.1. The first-order chi connectivity index (χ1) is 15.6. The Morgan fingerprint density at radius 2 is 1.88 bits per heavy atom. The van der Waals surface area contributed by atoms with Crippen molar-refractivity contribution in [2.45, 2.75) is 45.7 Å². The fourth-order valence-corrected chi connectivity index (χ4v) is 4.55. The van der Waals surface area contributed by atoms with Gasteiger partial charge in [0.05, 0.1) is 30.2 Å². The Hall–Kier alpha value is -3.67. The molecule has 1 amide bonds. The third kappa shape index (κ3) is 3.96. The zero-order valence-electron chi connectivity index (χ0n) is 18.5. The molecule has 0 aliphatic heterocycles. The van der Waals surface area contributed by atoms with Crippen LogP contribution in [0.1, 0.15) is 57.5 Å². The van der Waals surface area contributed by atoms with Gasteiger partial charge in [0.15, 0.2) is 0 Å². The number of carbonyl (C=O) groups is 1. The molecule has 0 saturated carbocycles. The van der Waals surface area contributed by atoms with Gasteiger partial charge in [0.2, 0.25) is 0 Å². The van der Waals surface area contributed by atoms with Crippen molar-refractivity contribution in [2.24, 2.45) is 0 Å². The van der Waals surface area contributed by atoms with E-state index in [1.807, 2.05) is 61.1 Å². The van der Waals surface area contributed by atoms with Crippen molar-refractivity contribution in [3.8, 4) is 5.69 Å². The van der Waals surface area contributed by atoms with Crippen molar-refractivity contribution in [3.63, 3.8) is 0 Å². The quantitative estimate of drug-likeness (QED) is 0.510. The lowest BCUT2D eigenvalue weighted by Crippen LogP contribution is -2.31. The molecular weight excluding hydrogens is 398 g/mol. The van der Waals surface area contributed by atoms with E-state index in [1.165, 1.54) is 11.3 Å². The van der Waals surface area contributed by atoms with E-state index in [9.17, 15) is 4.79 Å². The van der Waals surface area contributed by atoms with Gasteiger partial charge in [-0.2, -0.15) is 10.2 Å². The first kappa shape index (κ1) is 20.2. The van der Waals surface area contributed by atoms with Crippen LogP contribution in [-0.2, 0) is 13.0 Å². The molecule has 5 rings (SSSR count). The normalized spacial score (nSPS) is 15.4. The maximum atomic E-state index is 13.0. The van der Waals surface area contributed by atoms with Crippen LogP contribution in [0.25, 0.3) is 5.69 Å². The molecule has 0 spiro atoms. The molecule has 0 fully saturated rings. The molecule has 2 aromatic carbocycles. The third-order valence-corrected chi connectivity index (χ3v) is 6.13. The molecule has 1 atom stereocenters. The SMILES string of the molecule is Cc1cc(C)n(-c2ccc(C(=O)N[C@@H]3CCCc4c3cnn4Cc3ccccc3)cc2)n1. The smallest absolute Gasteiger partial charge is 0.251 e. The number of rotatable bonds is 5. The highest BCUT2D eigenvalue weighted by Gasteiger charge is 2.26. The average Bonchev–Trinajstić information content (AvgIpc) is 3.37. The van der Waals surface area contributed by atoms with Crippen molar-refractivity contribution in [1.29, 1.82) is 0 Å². The minimum atomic E-state index is -0.0569. The molecule has 0 bridgehead atoms. The highest BCUT2D eigenvalue weighted by atomic mass is 16.1. The van der Waals surface area contributed by atoms with E-state index >= 15 is 0 Å². The van der Waals surface area contributed by atoms with Crippen LogP contribution in [0.15, 0.2) is 66.9 Å². The number of amides is 1. The Morgan fingerprint density at radius 3 is 2.59 bits per heavy atom. The predicted molar refractivity (Wildman–Crippen MR) is 124 cm³/mol. The van der Waals surface area contributed by atoms with Gasteiger partial charge < -0.3 is 5.32 Å². The summed E-state index contributed by atoms with van der Waals surface area (Å²) in [5.74, 6) is -0.0569. The van der Waals surface area contributed by atoms with E-state index in [-0.39, 0.29) is 11.9 Å². The van der Waals surface area contributed by atoms with Crippen molar-refractivity contribution in [1.82, 2.24) is 24.9 Å². The maximum absolute atomic E-state index is 13.0. The summed E-state index contributed by atoms with van der Waals surface area (Å²) in [6, 6.07) is 20.0. The summed E-state index contributed by atoms with van der Waals surface area (Å²) in [7, 11) is 0. The fraction of sp³-hybridized carbons (Fsp3) is 0.269. The van der Waals surface area contributed by atoms with Crippen molar-refractivity contribution in [3.05, 3.63) is 101 Å². The lowest BCUT2D eigenvalue weighted by Gasteiger charge is -2.24. The molecule has 2 aromatic heterocycles. The number of nitrogens with zero attached hydrogens (tertiary/aromatic N) is 4. The first-order valence-corrected chi connectivity index (χ1v) is 11.1. The van der Waals surface area contributed by atoms with Gasteiger partial charge in [0, 0.05) is 22.5 Å². The standard InChI is InChI=1S/C26H27N5O/c1-18-15-19(2)31(29-18)22-13-11-21(12-14-22)26(32)28-24-9-6-10-25-23(24)16-27-30(25)17-20-7-4-3-5-8-20/h3-5,7-8,11-16,24H,6,9-10,17H2,1-2H3,(H,28,32)/t24-/m1/s1. The second-order valence-corrected chi connectivity index (χ2v) is 8.49. The van der Waals surface area contributed by atoms with Crippen LogP contribution in [0, 0.1) is 13.8 Å². The van der Waals surface area contributed by atoms with E-state index < -0.39 is 0 Å². The Balaban J connectivity index is 1.31. The second kappa shape index (κ2) is 8.46. The monoisotopic (exact) mass is 425 g/mol. The van der Waals surface area contributed by atoms with Crippen LogP contribution in [0.2, 0.25) is 0 Å². The lowest BCUT2D eigenvalue weighted by molar-refractivity contribution is 0.0932. The number of hydrogen-bond acceptors (Lipinski definition) is 3. The molecule has 4 aromatic rings. The van der Waals surface area contributed by atoms with Gasteiger partial charge in [-0.3, -0.25) is 9.48 Å². The van der Waals surface area contributed by atoms with Gasteiger partial charge in [-0.15, -0.1) is 0 Å². The van der Waals surface area contributed by atoms with Gasteiger partial charge in [0.25, 0.3) is 5.91 Å². The van der Waals surface area contributed by atoms with Crippen molar-refractivity contribution >= 4 is 5.91 Å². The number of aryl methyl sites for hydroxylation is 2. The van der Waals surface area contributed by atoms with Crippen LogP contribution >= 0.6 is 0 Å². The van der Waals surface area contributed by atoms with E-state index in [0.717, 1.165) is 48.4 Å². The summed E-state index contributed by atoms with van der Waals surface area (Å²) in [6.45, 7) is 4.76. The third-order valence-electron chi connectivity index (χ3n) is 6.13. The molecule has 0 unspecified atom stereocenters. The Kier molecular flexibility index (Phi) is 5.35. The fourth-order valence-electron chi connectivity index (χ4n) is 4.55. The van der Waals surface area contributed by atoms with Crippen LogP contribution in [0.3, 0.4) is 0 Å². The molecular formula is C26H27N5O.